The van der Waals surface area contributed by atoms with Gasteiger partial charge in [0.2, 0.25) is 0 Å². The van der Waals surface area contributed by atoms with Crippen LogP contribution in [0.25, 0.3) is 0 Å². The Morgan fingerprint density at radius 1 is 1.29 bits per heavy atom. The van der Waals surface area contributed by atoms with Crippen LogP contribution in [0.3, 0.4) is 0 Å². The van der Waals surface area contributed by atoms with E-state index in [1.807, 2.05) is 18.2 Å². The van der Waals surface area contributed by atoms with Gasteiger partial charge < -0.3 is 10.5 Å². The summed E-state index contributed by atoms with van der Waals surface area (Å²) in [6.45, 7) is 0. The van der Waals surface area contributed by atoms with E-state index in [0.717, 1.165) is 15.8 Å². The van der Waals surface area contributed by atoms with Crippen LogP contribution in [0.4, 0.5) is 10.1 Å². The number of nitrogens with one attached hydrogen (secondary N) is 1. The van der Waals surface area contributed by atoms with Gasteiger partial charge in [-0.1, -0.05) is 6.07 Å². The molecule has 0 amide bonds. The molecule has 0 aliphatic carbocycles. The summed E-state index contributed by atoms with van der Waals surface area (Å²) >= 11 is 3.44. The molecular formula is C15H17BrFN3O. The highest BCUT2D eigenvalue weighted by molar-refractivity contribution is 9.10. The fourth-order valence-corrected chi connectivity index (χ4v) is 2.77. The molecule has 6 heteroatoms. The van der Waals surface area contributed by atoms with E-state index in [4.69, 9.17) is 16.3 Å². The summed E-state index contributed by atoms with van der Waals surface area (Å²) in [5.74, 6) is 6.01. The zero-order valence-electron chi connectivity index (χ0n) is 11.6. The molecule has 0 radical (unpaired) electrons. The summed E-state index contributed by atoms with van der Waals surface area (Å²) in [4.78, 5) is 0. The highest BCUT2D eigenvalue weighted by atomic mass is 79.9. The van der Waals surface area contributed by atoms with Crippen LogP contribution in [0.1, 0.15) is 17.2 Å². The number of halogens is 2. The zero-order valence-corrected chi connectivity index (χ0v) is 13.2. The molecule has 0 saturated carbocycles. The van der Waals surface area contributed by atoms with E-state index in [-0.39, 0.29) is 11.9 Å². The number of anilines is 1. The first-order valence-electron chi connectivity index (χ1n) is 6.38. The van der Waals surface area contributed by atoms with E-state index < -0.39 is 0 Å². The van der Waals surface area contributed by atoms with Crippen molar-refractivity contribution in [3.63, 3.8) is 0 Å². The van der Waals surface area contributed by atoms with Crippen molar-refractivity contribution in [1.82, 2.24) is 5.43 Å². The van der Waals surface area contributed by atoms with Crippen molar-refractivity contribution in [2.75, 3.05) is 12.8 Å². The van der Waals surface area contributed by atoms with Crippen LogP contribution in [0.15, 0.2) is 40.9 Å². The minimum absolute atomic E-state index is 0.277. The molecule has 0 heterocycles. The average molecular weight is 354 g/mol. The quantitative estimate of drug-likeness (QED) is 0.439. The predicted octanol–water partition coefficient (Wildman–Crippen LogP) is 2.93. The largest absolute Gasteiger partial charge is 0.496 e. The van der Waals surface area contributed by atoms with Gasteiger partial charge in [0.1, 0.15) is 11.6 Å². The Morgan fingerprint density at radius 3 is 2.67 bits per heavy atom. The van der Waals surface area contributed by atoms with Crippen LogP contribution in [-0.4, -0.2) is 7.11 Å². The van der Waals surface area contributed by atoms with Crippen LogP contribution < -0.4 is 21.7 Å². The second kappa shape index (κ2) is 6.89. The maximum atomic E-state index is 13.4. The first-order chi connectivity index (χ1) is 10.0. The van der Waals surface area contributed by atoms with E-state index >= 15 is 0 Å². The molecule has 0 aromatic heterocycles. The monoisotopic (exact) mass is 353 g/mol. The highest BCUT2D eigenvalue weighted by Crippen LogP contribution is 2.29. The van der Waals surface area contributed by atoms with Crippen LogP contribution >= 0.6 is 15.9 Å². The molecule has 1 atom stereocenters. The number of methoxy groups -OCH3 is 1. The molecule has 4 nitrogen and oxygen atoms in total. The van der Waals surface area contributed by atoms with Crippen molar-refractivity contribution in [2.45, 2.75) is 12.5 Å². The van der Waals surface area contributed by atoms with E-state index in [1.54, 1.807) is 13.2 Å². The number of hydrogen-bond donors (Lipinski definition) is 3. The molecule has 0 spiro atoms. The third-order valence-corrected chi connectivity index (χ3v) is 3.90. The Morgan fingerprint density at radius 2 is 2.05 bits per heavy atom. The van der Waals surface area contributed by atoms with Gasteiger partial charge in [0.25, 0.3) is 0 Å². The molecule has 2 aromatic carbocycles. The molecule has 0 aliphatic heterocycles. The van der Waals surface area contributed by atoms with E-state index in [0.29, 0.717) is 17.7 Å². The summed E-state index contributed by atoms with van der Waals surface area (Å²) in [6, 6.07) is 9.73. The van der Waals surface area contributed by atoms with Gasteiger partial charge in [-0.25, -0.2) is 4.39 Å². The van der Waals surface area contributed by atoms with Gasteiger partial charge in [-0.05, 0) is 63.8 Å². The second-order valence-electron chi connectivity index (χ2n) is 4.67. The molecule has 0 fully saturated rings. The van der Waals surface area contributed by atoms with Gasteiger partial charge in [-0.3, -0.25) is 11.3 Å². The number of hydrogen-bond acceptors (Lipinski definition) is 4. The standard InChI is InChI=1S/C15H17BrFN3O/c1-21-15-5-2-9(6-12(15)16)7-14(20-19)11-8-10(17)3-4-13(11)18/h2-6,8,14,20H,7,18-19H2,1H3. The molecule has 112 valence electrons. The normalized spacial score (nSPS) is 12.2. The Bertz CT molecular complexity index is 636. The summed E-state index contributed by atoms with van der Waals surface area (Å²) in [6.07, 6.45) is 0.576. The molecule has 5 N–H and O–H groups in total. The Labute approximate surface area is 131 Å². The lowest BCUT2D eigenvalue weighted by Crippen LogP contribution is -2.30. The third kappa shape index (κ3) is 3.72. The maximum absolute atomic E-state index is 13.4. The molecule has 0 bridgehead atoms. The fraction of sp³-hybridized carbons (Fsp3) is 0.200. The Kier molecular flexibility index (Phi) is 5.17. The van der Waals surface area contributed by atoms with Crippen LogP contribution in [0.5, 0.6) is 5.75 Å². The lowest BCUT2D eigenvalue weighted by molar-refractivity contribution is 0.412. The molecular weight excluding hydrogens is 337 g/mol. The summed E-state index contributed by atoms with van der Waals surface area (Å²) < 4.78 is 19.4. The number of rotatable bonds is 5. The molecule has 0 saturated heterocycles. The summed E-state index contributed by atoms with van der Waals surface area (Å²) in [7, 11) is 1.61. The lowest BCUT2D eigenvalue weighted by atomic mass is 9.98. The van der Waals surface area contributed by atoms with E-state index in [9.17, 15) is 4.39 Å². The zero-order chi connectivity index (χ0) is 15.4. The maximum Gasteiger partial charge on any atom is 0.133 e. The van der Waals surface area contributed by atoms with Gasteiger partial charge in [0.15, 0.2) is 0 Å². The van der Waals surface area contributed by atoms with Crippen molar-refractivity contribution < 1.29 is 9.13 Å². The average Bonchev–Trinajstić information content (AvgIpc) is 2.47. The smallest absolute Gasteiger partial charge is 0.133 e. The minimum atomic E-state index is -0.338. The fourth-order valence-electron chi connectivity index (χ4n) is 2.18. The van der Waals surface area contributed by atoms with E-state index in [2.05, 4.69) is 21.4 Å². The molecule has 21 heavy (non-hydrogen) atoms. The first-order valence-corrected chi connectivity index (χ1v) is 7.18. The number of nitrogen functional groups attached to an aromatic ring is 1. The number of benzene rings is 2. The van der Waals surface area contributed by atoms with Gasteiger partial charge >= 0.3 is 0 Å². The lowest BCUT2D eigenvalue weighted by Gasteiger charge is -2.19. The molecule has 2 rings (SSSR count). The van der Waals surface area contributed by atoms with Gasteiger partial charge in [-0.15, -0.1) is 0 Å². The summed E-state index contributed by atoms with van der Waals surface area (Å²) in [5.41, 5.74) is 10.8. The van der Waals surface area contributed by atoms with Gasteiger partial charge in [0, 0.05) is 5.69 Å². The van der Waals surface area contributed by atoms with Crippen molar-refractivity contribution in [2.24, 2.45) is 5.84 Å². The van der Waals surface area contributed by atoms with Crippen molar-refractivity contribution in [3.05, 3.63) is 57.8 Å². The number of nitrogens with two attached hydrogens (primary N) is 2. The SMILES string of the molecule is COc1ccc(CC(NN)c2cc(F)ccc2N)cc1Br. The van der Waals surface area contributed by atoms with Crippen molar-refractivity contribution in [3.8, 4) is 5.75 Å². The van der Waals surface area contributed by atoms with Gasteiger partial charge in [-0.2, -0.15) is 0 Å². The third-order valence-electron chi connectivity index (χ3n) is 3.28. The first kappa shape index (κ1) is 15.8. The highest BCUT2D eigenvalue weighted by Gasteiger charge is 2.15. The minimum Gasteiger partial charge on any atom is -0.496 e. The van der Waals surface area contributed by atoms with Gasteiger partial charge in [0.05, 0.1) is 17.6 Å². The van der Waals surface area contributed by atoms with Crippen LogP contribution in [-0.2, 0) is 6.42 Å². The molecule has 0 aliphatic rings. The van der Waals surface area contributed by atoms with Crippen molar-refractivity contribution >= 4 is 21.6 Å². The number of ether oxygens (including phenoxy) is 1. The predicted molar refractivity (Wildman–Crippen MR) is 85.3 cm³/mol. The Balaban J connectivity index is 2.26. The topological polar surface area (TPSA) is 73.3 Å². The van der Waals surface area contributed by atoms with E-state index in [1.165, 1.54) is 12.1 Å². The summed E-state index contributed by atoms with van der Waals surface area (Å²) in [5, 5.41) is 0. The second-order valence-corrected chi connectivity index (χ2v) is 5.52. The van der Waals surface area contributed by atoms with Crippen molar-refractivity contribution in [1.29, 1.82) is 0 Å². The molecule has 1 unspecified atom stereocenters. The molecule has 2 aromatic rings. The van der Waals surface area contributed by atoms with Crippen LogP contribution in [0, 0.1) is 5.82 Å². The van der Waals surface area contributed by atoms with Crippen LogP contribution in [0.2, 0.25) is 0 Å². The number of hydrazine groups is 1. The Hall–Kier alpha value is -1.63.